The van der Waals surface area contributed by atoms with Crippen molar-refractivity contribution >= 4 is 17.3 Å². The molecule has 2 aromatic rings. The second-order valence-electron chi connectivity index (χ2n) is 7.29. The predicted molar refractivity (Wildman–Crippen MR) is 120 cm³/mol. The van der Waals surface area contributed by atoms with E-state index in [1.165, 1.54) is 6.08 Å². The van der Waals surface area contributed by atoms with Crippen LogP contribution in [0.25, 0.3) is 5.57 Å². The molecule has 2 atom stereocenters. The molecule has 0 amide bonds. The van der Waals surface area contributed by atoms with Gasteiger partial charge in [0.2, 0.25) is 0 Å². The van der Waals surface area contributed by atoms with E-state index in [1.54, 1.807) is 59.6 Å². The van der Waals surface area contributed by atoms with Crippen molar-refractivity contribution in [2.24, 2.45) is 5.92 Å². The van der Waals surface area contributed by atoms with Crippen LogP contribution in [0.3, 0.4) is 0 Å². The normalized spacial score (nSPS) is 17.9. The van der Waals surface area contributed by atoms with E-state index in [0.717, 1.165) is 11.1 Å². The van der Waals surface area contributed by atoms with Crippen molar-refractivity contribution in [3.05, 3.63) is 53.6 Å². The first-order valence-corrected chi connectivity index (χ1v) is 10.3. The van der Waals surface area contributed by atoms with Crippen molar-refractivity contribution in [3.8, 4) is 23.0 Å². The number of esters is 1. The van der Waals surface area contributed by atoms with Crippen LogP contribution in [-0.4, -0.2) is 46.8 Å². The van der Waals surface area contributed by atoms with E-state index in [4.69, 9.17) is 23.7 Å². The van der Waals surface area contributed by atoms with Gasteiger partial charge in [0.1, 0.15) is 28.9 Å². The lowest BCUT2D eigenvalue weighted by Crippen LogP contribution is -2.34. The fourth-order valence-corrected chi connectivity index (χ4v) is 4.06. The highest BCUT2D eigenvalue weighted by molar-refractivity contribution is 6.11. The lowest BCUT2D eigenvalue weighted by molar-refractivity contribution is -0.151. The van der Waals surface area contributed by atoms with Crippen LogP contribution in [0.2, 0.25) is 0 Å². The van der Waals surface area contributed by atoms with Crippen LogP contribution in [0.5, 0.6) is 23.0 Å². The number of ether oxygens (including phenoxy) is 5. The van der Waals surface area contributed by atoms with E-state index in [-0.39, 0.29) is 12.4 Å². The van der Waals surface area contributed by atoms with Gasteiger partial charge in [-0.2, -0.15) is 0 Å². The maximum atomic E-state index is 13.2. The van der Waals surface area contributed by atoms with E-state index < -0.39 is 17.8 Å². The van der Waals surface area contributed by atoms with Crippen LogP contribution in [0.1, 0.15) is 30.4 Å². The van der Waals surface area contributed by atoms with Crippen LogP contribution < -0.4 is 18.9 Å². The second kappa shape index (κ2) is 10.2. The van der Waals surface area contributed by atoms with Gasteiger partial charge in [0.05, 0.1) is 35.0 Å². The van der Waals surface area contributed by atoms with E-state index in [1.807, 2.05) is 12.1 Å². The second-order valence-corrected chi connectivity index (χ2v) is 7.29. The number of benzene rings is 2. The van der Waals surface area contributed by atoms with Gasteiger partial charge in [-0.3, -0.25) is 9.59 Å². The van der Waals surface area contributed by atoms with E-state index in [9.17, 15) is 9.59 Å². The summed E-state index contributed by atoms with van der Waals surface area (Å²) in [5, 5.41) is 0. The van der Waals surface area contributed by atoms with Gasteiger partial charge < -0.3 is 23.7 Å². The molecule has 0 aromatic heterocycles. The SMILES string of the molecule is CCOC(=O)[C@@H]1C(=O)C=C(c2ccc(OC)cc2OC)C[C@@H]1c1cc(OC)ccc1OC. The highest BCUT2D eigenvalue weighted by Crippen LogP contribution is 2.46. The molecular weight excluding hydrogens is 412 g/mol. The van der Waals surface area contributed by atoms with Gasteiger partial charge in [-0.15, -0.1) is 0 Å². The third-order valence-electron chi connectivity index (χ3n) is 5.60. The van der Waals surface area contributed by atoms with Gasteiger partial charge in [0.15, 0.2) is 5.78 Å². The van der Waals surface area contributed by atoms with E-state index in [0.29, 0.717) is 35.0 Å². The Morgan fingerprint density at radius 2 is 1.56 bits per heavy atom. The monoisotopic (exact) mass is 440 g/mol. The minimum atomic E-state index is -0.982. The highest BCUT2D eigenvalue weighted by Gasteiger charge is 2.41. The molecule has 7 nitrogen and oxygen atoms in total. The lowest BCUT2D eigenvalue weighted by Gasteiger charge is -2.31. The minimum absolute atomic E-state index is 0.188. The molecule has 7 heteroatoms. The number of hydrogen-bond donors (Lipinski definition) is 0. The Bertz CT molecular complexity index is 1020. The Kier molecular flexibility index (Phi) is 7.41. The standard InChI is InChI=1S/C25H28O7/c1-6-32-25(27)24-20(19-13-16(28-2)8-10-22(19)30-4)11-15(12-21(24)26)18-9-7-17(29-3)14-23(18)31-5/h7-10,12-14,20,24H,6,11H2,1-5H3/t20-,24+/m1/s1. The molecule has 0 bridgehead atoms. The summed E-state index contributed by atoms with van der Waals surface area (Å²) < 4.78 is 27.0. The zero-order chi connectivity index (χ0) is 23.3. The van der Waals surface area contributed by atoms with Crippen molar-refractivity contribution in [3.63, 3.8) is 0 Å². The van der Waals surface area contributed by atoms with Crippen LogP contribution in [0, 0.1) is 5.92 Å². The molecule has 2 aromatic carbocycles. The topological polar surface area (TPSA) is 80.3 Å². The maximum Gasteiger partial charge on any atom is 0.317 e. The van der Waals surface area contributed by atoms with Gasteiger partial charge >= 0.3 is 5.97 Å². The highest BCUT2D eigenvalue weighted by atomic mass is 16.5. The summed E-state index contributed by atoms with van der Waals surface area (Å²) in [5.74, 6) is 0.0390. The number of carbonyl (C=O) groups excluding carboxylic acids is 2. The molecule has 0 fully saturated rings. The molecule has 0 radical (unpaired) electrons. The fourth-order valence-electron chi connectivity index (χ4n) is 4.06. The molecule has 0 N–H and O–H groups in total. The molecule has 0 saturated carbocycles. The van der Waals surface area contributed by atoms with Crippen molar-refractivity contribution in [2.75, 3.05) is 35.0 Å². The Labute approximate surface area is 187 Å². The van der Waals surface area contributed by atoms with Gasteiger partial charge in [-0.05, 0) is 55.3 Å². The molecule has 170 valence electrons. The maximum absolute atomic E-state index is 13.2. The first-order chi connectivity index (χ1) is 15.5. The van der Waals surface area contributed by atoms with Gasteiger partial charge in [-0.25, -0.2) is 0 Å². The minimum Gasteiger partial charge on any atom is -0.497 e. The van der Waals surface area contributed by atoms with Crippen molar-refractivity contribution in [2.45, 2.75) is 19.3 Å². The number of carbonyl (C=O) groups is 2. The molecular formula is C25H28O7. The molecule has 0 saturated heterocycles. The number of allylic oxidation sites excluding steroid dienone is 2. The largest absolute Gasteiger partial charge is 0.497 e. The molecule has 0 unspecified atom stereocenters. The number of rotatable bonds is 8. The van der Waals surface area contributed by atoms with Gasteiger partial charge in [0.25, 0.3) is 0 Å². The zero-order valence-electron chi connectivity index (χ0n) is 19.0. The average Bonchev–Trinajstić information content (AvgIpc) is 2.82. The number of methoxy groups -OCH3 is 4. The van der Waals surface area contributed by atoms with E-state index in [2.05, 4.69) is 0 Å². The van der Waals surface area contributed by atoms with Crippen molar-refractivity contribution in [1.82, 2.24) is 0 Å². The first kappa shape index (κ1) is 23.2. The molecule has 1 aliphatic rings. The average molecular weight is 440 g/mol. The summed E-state index contributed by atoms with van der Waals surface area (Å²) in [5.41, 5.74) is 2.22. The Balaban J connectivity index is 2.14. The molecule has 0 heterocycles. The summed E-state index contributed by atoms with van der Waals surface area (Å²) in [7, 11) is 6.26. The molecule has 32 heavy (non-hydrogen) atoms. The van der Waals surface area contributed by atoms with Gasteiger partial charge in [0, 0.05) is 23.1 Å². The zero-order valence-corrected chi connectivity index (χ0v) is 19.0. The summed E-state index contributed by atoms with van der Waals surface area (Å²) >= 11 is 0. The van der Waals surface area contributed by atoms with Crippen LogP contribution >= 0.6 is 0 Å². The third-order valence-corrected chi connectivity index (χ3v) is 5.60. The molecule has 1 aliphatic carbocycles. The fraction of sp³-hybridized carbons (Fsp3) is 0.360. The van der Waals surface area contributed by atoms with Crippen LogP contribution in [-0.2, 0) is 14.3 Å². The molecule has 0 aliphatic heterocycles. The van der Waals surface area contributed by atoms with Crippen molar-refractivity contribution < 1.29 is 33.3 Å². The Morgan fingerprint density at radius 1 is 0.906 bits per heavy atom. The van der Waals surface area contributed by atoms with Gasteiger partial charge in [-0.1, -0.05) is 0 Å². The number of ketones is 1. The number of hydrogen-bond acceptors (Lipinski definition) is 7. The summed E-state index contributed by atoms with van der Waals surface area (Å²) in [6.45, 7) is 1.91. The summed E-state index contributed by atoms with van der Waals surface area (Å²) in [6.07, 6.45) is 1.91. The summed E-state index contributed by atoms with van der Waals surface area (Å²) in [4.78, 5) is 26.1. The van der Waals surface area contributed by atoms with Crippen LogP contribution in [0.15, 0.2) is 42.5 Å². The Hall–Kier alpha value is -3.48. The van der Waals surface area contributed by atoms with Crippen molar-refractivity contribution in [1.29, 1.82) is 0 Å². The first-order valence-electron chi connectivity index (χ1n) is 10.3. The summed E-state index contributed by atoms with van der Waals surface area (Å²) in [6, 6.07) is 10.8. The predicted octanol–water partition coefficient (Wildman–Crippen LogP) is 4.04. The smallest absolute Gasteiger partial charge is 0.317 e. The quantitative estimate of drug-likeness (QED) is 0.453. The van der Waals surface area contributed by atoms with E-state index >= 15 is 0 Å². The molecule has 3 rings (SSSR count). The third kappa shape index (κ3) is 4.56. The molecule has 0 spiro atoms. The lowest BCUT2D eigenvalue weighted by atomic mass is 9.73. The Morgan fingerprint density at radius 3 is 2.19 bits per heavy atom. The van der Waals surface area contributed by atoms with Crippen LogP contribution in [0.4, 0.5) is 0 Å².